The third-order valence-electron chi connectivity index (χ3n) is 5.97. The Morgan fingerprint density at radius 2 is 1.87 bits per heavy atom. The lowest BCUT2D eigenvalue weighted by molar-refractivity contribution is -0.158. The van der Waals surface area contributed by atoms with Crippen molar-refractivity contribution in [2.45, 2.75) is 38.4 Å². The summed E-state index contributed by atoms with van der Waals surface area (Å²) in [7, 11) is 1.60. The summed E-state index contributed by atoms with van der Waals surface area (Å²) in [5.41, 5.74) is 2.34. The molecule has 0 unspecified atom stereocenters. The van der Waals surface area contributed by atoms with Crippen LogP contribution >= 0.6 is 0 Å². The fraction of sp³-hybridized carbons (Fsp3) is 0.375. The number of piperidine rings is 1. The lowest BCUT2D eigenvalue weighted by Gasteiger charge is -2.42. The van der Waals surface area contributed by atoms with Crippen LogP contribution in [-0.4, -0.2) is 53.8 Å². The highest BCUT2D eigenvalue weighted by Gasteiger charge is 2.40. The number of carbonyl (C=O) groups excluding carboxylic acids is 3. The number of amides is 3. The van der Waals surface area contributed by atoms with Crippen LogP contribution < -0.4 is 10.1 Å². The zero-order valence-corrected chi connectivity index (χ0v) is 17.7. The molecule has 3 amide bonds. The first-order valence-corrected chi connectivity index (χ1v) is 10.6. The van der Waals surface area contributed by atoms with E-state index >= 15 is 0 Å². The van der Waals surface area contributed by atoms with Crippen molar-refractivity contribution in [3.05, 3.63) is 65.2 Å². The fourth-order valence-corrected chi connectivity index (χ4v) is 4.27. The van der Waals surface area contributed by atoms with Gasteiger partial charge in [-0.3, -0.25) is 14.4 Å². The molecular formula is C24H27N3O4. The van der Waals surface area contributed by atoms with Crippen LogP contribution in [0.1, 0.15) is 40.7 Å². The molecule has 2 aromatic rings. The molecule has 2 aromatic carbocycles. The van der Waals surface area contributed by atoms with E-state index < -0.39 is 0 Å². The minimum absolute atomic E-state index is 0.0247. The van der Waals surface area contributed by atoms with Crippen molar-refractivity contribution in [1.29, 1.82) is 0 Å². The van der Waals surface area contributed by atoms with Gasteiger partial charge in [0.2, 0.25) is 11.8 Å². The van der Waals surface area contributed by atoms with Crippen molar-refractivity contribution >= 4 is 17.7 Å². The zero-order chi connectivity index (χ0) is 21.8. The quantitative estimate of drug-likeness (QED) is 0.777. The van der Waals surface area contributed by atoms with E-state index in [2.05, 4.69) is 5.32 Å². The van der Waals surface area contributed by atoms with E-state index in [-0.39, 0.29) is 30.3 Å². The number of nitrogens with one attached hydrogen (secondary N) is 1. The third kappa shape index (κ3) is 4.55. The van der Waals surface area contributed by atoms with Crippen molar-refractivity contribution in [2.24, 2.45) is 0 Å². The van der Waals surface area contributed by atoms with Crippen molar-refractivity contribution in [3.63, 3.8) is 0 Å². The summed E-state index contributed by atoms with van der Waals surface area (Å²) in [6.45, 7) is 1.54. The van der Waals surface area contributed by atoms with Gasteiger partial charge in [-0.25, -0.2) is 0 Å². The highest BCUT2D eigenvalue weighted by atomic mass is 16.5. The maximum Gasteiger partial charge on any atom is 0.251 e. The van der Waals surface area contributed by atoms with Gasteiger partial charge in [0.1, 0.15) is 18.3 Å². The van der Waals surface area contributed by atoms with E-state index in [9.17, 15) is 14.4 Å². The largest absolute Gasteiger partial charge is 0.496 e. The van der Waals surface area contributed by atoms with E-state index in [0.717, 1.165) is 36.1 Å². The number of hydrogen-bond donors (Lipinski definition) is 1. The van der Waals surface area contributed by atoms with Crippen LogP contribution in [0.4, 0.5) is 0 Å². The molecule has 2 heterocycles. The van der Waals surface area contributed by atoms with Gasteiger partial charge >= 0.3 is 0 Å². The number of rotatable bonds is 6. The SMILES string of the molecule is COc1ccccc1CNC(=O)c1ccc(CN2CC(=O)N3CCCC[C@H]3C2=O)cc1. The first-order chi connectivity index (χ1) is 15.1. The Morgan fingerprint density at radius 3 is 2.65 bits per heavy atom. The van der Waals surface area contributed by atoms with Crippen LogP contribution in [0.25, 0.3) is 0 Å². The van der Waals surface area contributed by atoms with Crippen LogP contribution in [0, 0.1) is 0 Å². The van der Waals surface area contributed by atoms with E-state index in [0.29, 0.717) is 25.2 Å². The molecular weight excluding hydrogens is 394 g/mol. The Bertz CT molecular complexity index is 973. The number of ether oxygens (including phenoxy) is 1. The normalized spacial score (nSPS) is 18.5. The first kappa shape index (κ1) is 20.9. The molecule has 0 aromatic heterocycles. The van der Waals surface area contributed by atoms with Gasteiger partial charge in [-0.05, 0) is 43.0 Å². The van der Waals surface area contributed by atoms with E-state index in [1.807, 2.05) is 36.4 Å². The summed E-state index contributed by atoms with van der Waals surface area (Å²) < 4.78 is 5.31. The second-order valence-corrected chi connectivity index (χ2v) is 7.98. The lowest BCUT2D eigenvalue weighted by atomic mass is 9.98. The summed E-state index contributed by atoms with van der Waals surface area (Å²) in [6, 6.07) is 14.4. The molecule has 2 aliphatic rings. The Kier molecular flexibility index (Phi) is 6.21. The summed E-state index contributed by atoms with van der Waals surface area (Å²) in [4.78, 5) is 41.1. The molecule has 2 aliphatic heterocycles. The van der Waals surface area contributed by atoms with Crippen molar-refractivity contribution in [1.82, 2.24) is 15.1 Å². The number of fused-ring (bicyclic) bond motifs is 1. The topological polar surface area (TPSA) is 79.0 Å². The monoisotopic (exact) mass is 421 g/mol. The summed E-state index contributed by atoms with van der Waals surface area (Å²) >= 11 is 0. The van der Waals surface area contributed by atoms with Gasteiger partial charge < -0.3 is 19.9 Å². The minimum Gasteiger partial charge on any atom is -0.496 e. The number of methoxy groups -OCH3 is 1. The van der Waals surface area contributed by atoms with Crippen LogP contribution in [-0.2, 0) is 22.7 Å². The van der Waals surface area contributed by atoms with Gasteiger partial charge in [0.05, 0.1) is 7.11 Å². The first-order valence-electron chi connectivity index (χ1n) is 10.6. The number of carbonyl (C=O) groups is 3. The maximum absolute atomic E-state index is 12.8. The molecule has 1 N–H and O–H groups in total. The summed E-state index contributed by atoms with van der Waals surface area (Å²) in [5, 5.41) is 2.90. The maximum atomic E-state index is 12.8. The summed E-state index contributed by atoms with van der Waals surface area (Å²) in [5.74, 6) is 0.601. The molecule has 7 nitrogen and oxygen atoms in total. The van der Waals surface area contributed by atoms with Crippen LogP contribution in [0.3, 0.4) is 0 Å². The smallest absolute Gasteiger partial charge is 0.251 e. The second kappa shape index (κ2) is 9.20. The molecule has 0 radical (unpaired) electrons. The van der Waals surface area contributed by atoms with E-state index in [4.69, 9.17) is 4.74 Å². The lowest BCUT2D eigenvalue weighted by Crippen LogP contribution is -2.60. The molecule has 0 bridgehead atoms. The highest BCUT2D eigenvalue weighted by molar-refractivity contribution is 5.95. The standard InChI is InChI=1S/C24H27N3O4/c1-31-21-8-3-2-6-19(21)14-25-23(29)18-11-9-17(10-12-18)15-26-16-22(28)27-13-5-4-7-20(27)24(26)30/h2-3,6,8-12,20H,4-5,7,13-16H2,1H3,(H,25,29)/t20-/m0/s1. The van der Waals surface area contributed by atoms with Gasteiger partial charge in [-0.15, -0.1) is 0 Å². The average Bonchev–Trinajstić information content (AvgIpc) is 2.81. The van der Waals surface area contributed by atoms with Gasteiger partial charge in [0.15, 0.2) is 0 Å². The van der Waals surface area contributed by atoms with Gasteiger partial charge in [0.25, 0.3) is 5.91 Å². The summed E-state index contributed by atoms with van der Waals surface area (Å²) in [6.07, 6.45) is 2.69. The van der Waals surface area contributed by atoms with Gasteiger partial charge in [0, 0.05) is 30.8 Å². The van der Waals surface area contributed by atoms with Crippen molar-refractivity contribution in [3.8, 4) is 5.75 Å². The Hall–Kier alpha value is -3.35. The minimum atomic E-state index is -0.310. The molecule has 0 aliphatic carbocycles. The molecule has 4 rings (SSSR count). The number of benzene rings is 2. The number of nitrogens with zero attached hydrogens (tertiary/aromatic N) is 2. The Labute approximate surface area is 182 Å². The predicted molar refractivity (Wildman–Crippen MR) is 115 cm³/mol. The Balaban J connectivity index is 1.36. The predicted octanol–water partition coefficient (Wildman–Crippen LogP) is 2.35. The van der Waals surface area contributed by atoms with Gasteiger partial charge in [-0.1, -0.05) is 30.3 Å². The third-order valence-corrected chi connectivity index (χ3v) is 5.97. The molecule has 1 atom stereocenters. The van der Waals surface area contributed by atoms with Crippen molar-refractivity contribution in [2.75, 3.05) is 20.2 Å². The number of hydrogen-bond acceptors (Lipinski definition) is 4. The van der Waals surface area contributed by atoms with Crippen molar-refractivity contribution < 1.29 is 19.1 Å². The number of para-hydroxylation sites is 1. The van der Waals surface area contributed by atoms with Gasteiger partial charge in [-0.2, -0.15) is 0 Å². The van der Waals surface area contributed by atoms with E-state index in [1.165, 1.54) is 0 Å². The zero-order valence-electron chi connectivity index (χ0n) is 17.7. The van der Waals surface area contributed by atoms with Crippen LogP contribution in [0.15, 0.2) is 48.5 Å². The van der Waals surface area contributed by atoms with Crippen LogP contribution in [0.5, 0.6) is 5.75 Å². The number of piperazine rings is 1. The Morgan fingerprint density at radius 1 is 1.10 bits per heavy atom. The molecule has 162 valence electrons. The van der Waals surface area contributed by atoms with Crippen LogP contribution in [0.2, 0.25) is 0 Å². The molecule has 0 spiro atoms. The highest BCUT2D eigenvalue weighted by Crippen LogP contribution is 2.24. The van der Waals surface area contributed by atoms with E-state index in [1.54, 1.807) is 29.0 Å². The second-order valence-electron chi connectivity index (χ2n) is 7.98. The molecule has 2 saturated heterocycles. The molecule has 2 fully saturated rings. The average molecular weight is 421 g/mol. The molecule has 0 saturated carbocycles. The fourth-order valence-electron chi connectivity index (χ4n) is 4.27. The molecule has 31 heavy (non-hydrogen) atoms. The molecule has 7 heteroatoms.